The summed E-state index contributed by atoms with van der Waals surface area (Å²) in [5.41, 5.74) is 1.05. The molecule has 0 aliphatic rings. The standard InChI is InChI=1S/C24H25ClN2O5S/c1-27(2)33(29,30)20-11-13-22(31-3)17(15-20)9-14-24(28)26-21-16-18(25)10-12-23(21)32-19-7-5-4-6-8-19/h4-8,10-13,15-16H,9,14H2,1-3H3,(H,26,28). The first kappa shape index (κ1) is 24.6. The Kier molecular flexibility index (Phi) is 7.97. The van der Waals surface area contributed by atoms with Gasteiger partial charge >= 0.3 is 0 Å². The third kappa shape index (κ3) is 6.25. The van der Waals surface area contributed by atoms with Crippen LogP contribution in [0.3, 0.4) is 0 Å². The number of carbonyl (C=O) groups excluding carboxylic acids is 1. The summed E-state index contributed by atoms with van der Waals surface area (Å²) in [4.78, 5) is 12.9. The Morgan fingerprint density at radius 3 is 2.36 bits per heavy atom. The lowest BCUT2D eigenvalue weighted by Crippen LogP contribution is -2.22. The molecule has 0 aliphatic heterocycles. The average molecular weight is 489 g/mol. The van der Waals surface area contributed by atoms with Gasteiger partial charge in [-0.15, -0.1) is 0 Å². The highest BCUT2D eigenvalue weighted by molar-refractivity contribution is 7.89. The van der Waals surface area contributed by atoms with E-state index in [1.807, 2.05) is 18.2 Å². The smallest absolute Gasteiger partial charge is 0.242 e. The minimum atomic E-state index is -3.61. The number of para-hydroxylation sites is 1. The number of nitrogens with one attached hydrogen (secondary N) is 1. The minimum absolute atomic E-state index is 0.0963. The monoisotopic (exact) mass is 488 g/mol. The highest BCUT2D eigenvalue weighted by atomic mass is 35.5. The van der Waals surface area contributed by atoms with Crippen molar-refractivity contribution in [3.05, 3.63) is 77.3 Å². The molecule has 3 rings (SSSR count). The largest absolute Gasteiger partial charge is 0.496 e. The predicted octanol–water partition coefficient (Wildman–Crippen LogP) is 4.96. The van der Waals surface area contributed by atoms with Crippen LogP contribution in [0.2, 0.25) is 5.02 Å². The molecule has 0 fully saturated rings. The second kappa shape index (κ2) is 10.7. The summed E-state index contributed by atoms with van der Waals surface area (Å²) in [6, 6.07) is 18.8. The predicted molar refractivity (Wildman–Crippen MR) is 129 cm³/mol. The van der Waals surface area contributed by atoms with Crippen LogP contribution in [-0.2, 0) is 21.2 Å². The van der Waals surface area contributed by atoms with E-state index in [-0.39, 0.29) is 23.6 Å². The number of ether oxygens (including phenoxy) is 2. The summed E-state index contributed by atoms with van der Waals surface area (Å²) in [5.74, 6) is 1.31. The molecule has 0 heterocycles. The molecule has 0 radical (unpaired) electrons. The number of halogens is 1. The highest BCUT2D eigenvalue weighted by Crippen LogP contribution is 2.32. The molecule has 3 aromatic carbocycles. The van der Waals surface area contributed by atoms with Crippen molar-refractivity contribution in [2.45, 2.75) is 17.7 Å². The van der Waals surface area contributed by atoms with E-state index in [0.29, 0.717) is 33.5 Å². The fourth-order valence-electron chi connectivity index (χ4n) is 3.09. The van der Waals surface area contributed by atoms with Crippen LogP contribution in [0.25, 0.3) is 0 Å². The maximum atomic E-state index is 12.7. The molecule has 1 N–H and O–H groups in total. The first-order valence-electron chi connectivity index (χ1n) is 10.1. The van der Waals surface area contributed by atoms with Gasteiger partial charge in [-0.1, -0.05) is 29.8 Å². The Hall–Kier alpha value is -3.07. The lowest BCUT2D eigenvalue weighted by atomic mass is 10.1. The molecule has 0 unspecified atom stereocenters. The molecule has 9 heteroatoms. The van der Waals surface area contributed by atoms with Crippen LogP contribution in [-0.4, -0.2) is 39.8 Å². The van der Waals surface area contributed by atoms with E-state index in [0.717, 1.165) is 4.31 Å². The summed E-state index contributed by atoms with van der Waals surface area (Å²) in [5, 5.41) is 3.28. The maximum absolute atomic E-state index is 12.7. The quantitative estimate of drug-likeness (QED) is 0.460. The van der Waals surface area contributed by atoms with Crippen LogP contribution in [0.4, 0.5) is 5.69 Å². The van der Waals surface area contributed by atoms with Crippen LogP contribution < -0.4 is 14.8 Å². The zero-order chi connectivity index (χ0) is 24.0. The molecule has 174 valence electrons. The first-order valence-corrected chi connectivity index (χ1v) is 11.9. The van der Waals surface area contributed by atoms with Crippen molar-refractivity contribution in [3.8, 4) is 17.2 Å². The Labute approximate surface area is 198 Å². The number of amides is 1. The van der Waals surface area contributed by atoms with E-state index in [1.165, 1.54) is 33.3 Å². The number of anilines is 1. The molecule has 3 aromatic rings. The van der Waals surface area contributed by atoms with Crippen molar-refractivity contribution in [2.24, 2.45) is 0 Å². The number of nitrogens with zero attached hydrogens (tertiary/aromatic N) is 1. The lowest BCUT2D eigenvalue weighted by molar-refractivity contribution is -0.116. The van der Waals surface area contributed by atoms with Crippen LogP contribution in [0.5, 0.6) is 17.2 Å². The fourth-order valence-corrected chi connectivity index (χ4v) is 4.21. The van der Waals surface area contributed by atoms with Gasteiger partial charge in [0, 0.05) is 25.5 Å². The molecule has 1 amide bonds. The van der Waals surface area contributed by atoms with Gasteiger partial charge in [-0.05, 0) is 60.5 Å². The summed E-state index contributed by atoms with van der Waals surface area (Å²) < 4.78 is 37.3. The first-order chi connectivity index (χ1) is 15.7. The van der Waals surface area contributed by atoms with Gasteiger partial charge in [0.25, 0.3) is 0 Å². The van der Waals surface area contributed by atoms with E-state index >= 15 is 0 Å². The molecule has 0 aliphatic carbocycles. The van der Waals surface area contributed by atoms with E-state index in [4.69, 9.17) is 21.1 Å². The molecule has 0 spiro atoms. The SMILES string of the molecule is COc1ccc(S(=O)(=O)N(C)C)cc1CCC(=O)Nc1cc(Cl)ccc1Oc1ccccc1. The van der Waals surface area contributed by atoms with Crippen molar-refractivity contribution >= 4 is 33.2 Å². The van der Waals surface area contributed by atoms with Crippen LogP contribution in [0, 0.1) is 0 Å². The fraction of sp³-hybridized carbons (Fsp3) is 0.208. The minimum Gasteiger partial charge on any atom is -0.496 e. The number of carbonyl (C=O) groups is 1. The number of sulfonamides is 1. The molecular formula is C24H25ClN2O5S. The summed E-state index contributed by atoms with van der Waals surface area (Å²) in [6.07, 6.45) is 0.375. The average Bonchev–Trinajstić information content (AvgIpc) is 2.79. The Balaban J connectivity index is 1.75. The van der Waals surface area contributed by atoms with Crippen LogP contribution in [0.15, 0.2) is 71.6 Å². The molecular weight excluding hydrogens is 464 g/mol. The zero-order valence-electron chi connectivity index (χ0n) is 18.5. The number of rotatable bonds is 9. The number of benzene rings is 3. The number of aryl methyl sites for hydroxylation is 1. The summed E-state index contributed by atoms with van der Waals surface area (Å²) in [6.45, 7) is 0. The topological polar surface area (TPSA) is 84.9 Å². The molecule has 0 saturated heterocycles. The molecule has 33 heavy (non-hydrogen) atoms. The third-order valence-corrected chi connectivity index (χ3v) is 6.88. The summed E-state index contributed by atoms with van der Waals surface area (Å²) >= 11 is 6.12. The molecule has 0 bridgehead atoms. The zero-order valence-corrected chi connectivity index (χ0v) is 20.1. The van der Waals surface area contributed by atoms with Gasteiger partial charge in [-0.2, -0.15) is 0 Å². The number of hydrogen-bond acceptors (Lipinski definition) is 5. The Morgan fingerprint density at radius 2 is 1.70 bits per heavy atom. The molecule has 7 nitrogen and oxygen atoms in total. The van der Waals surface area contributed by atoms with Gasteiger partial charge in [0.1, 0.15) is 11.5 Å². The van der Waals surface area contributed by atoms with Crippen molar-refractivity contribution in [1.82, 2.24) is 4.31 Å². The second-order valence-electron chi connectivity index (χ2n) is 7.36. The summed E-state index contributed by atoms with van der Waals surface area (Å²) in [7, 11) is 0.823. The van der Waals surface area contributed by atoms with E-state index in [9.17, 15) is 13.2 Å². The third-order valence-electron chi connectivity index (χ3n) is 4.84. The van der Waals surface area contributed by atoms with Gasteiger partial charge < -0.3 is 14.8 Å². The molecule has 0 aromatic heterocycles. The van der Waals surface area contributed by atoms with Crippen molar-refractivity contribution in [1.29, 1.82) is 0 Å². The van der Waals surface area contributed by atoms with Crippen molar-refractivity contribution < 1.29 is 22.7 Å². The van der Waals surface area contributed by atoms with Crippen molar-refractivity contribution in [3.63, 3.8) is 0 Å². The highest BCUT2D eigenvalue weighted by Gasteiger charge is 2.19. The number of methoxy groups -OCH3 is 1. The van der Waals surface area contributed by atoms with Gasteiger partial charge in [0.2, 0.25) is 15.9 Å². The van der Waals surface area contributed by atoms with Gasteiger partial charge in [-0.25, -0.2) is 12.7 Å². The molecule has 0 saturated carbocycles. The van der Waals surface area contributed by atoms with E-state index in [1.54, 1.807) is 36.4 Å². The lowest BCUT2D eigenvalue weighted by Gasteiger charge is -2.15. The Bertz CT molecular complexity index is 1230. The van der Waals surface area contributed by atoms with Crippen molar-refractivity contribution in [2.75, 3.05) is 26.5 Å². The molecule has 0 atom stereocenters. The normalized spacial score (nSPS) is 11.3. The van der Waals surface area contributed by atoms with Gasteiger partial charge in [-0.3, -0.25) is 4.79 Å². The maximum Gasteiger partial charge on any atom is 0.242 e. The van der Waals surface area contributed by atoms with Gasteiger partial charge in [0.15, 0.2) is 5.75 Å². The van der Waals surface area contributed by atoms with Crippen LogP contribution >= 0.6 is 11.6 Å². The van der Waals surface area contributed by atoms with E-state index < -0.39 is 10.0 Å². The van der Waals surface area contributed by atoms with Gasteiger partial charge in [0.05, 0.1) is 17.7 Å². The Morgan fingerprint density at radius 1 is 1.00 bits per heavy atom. The van der Waals surface area contributed by atoms with E-state index in [2.05, 4.69) is 5.32 Å². The second-order valence-corrected chi connectivity index (χ2v) is 9.95. The number of hydrogen-bond donors (Lipinski definition) is 1. The van der Waals surface area contributed by atoms with Crippen LogP contribution in [0.1, 0.15) is 12.0 Å².